The highest BCUT2D eigenvalue weighted by Crippen LogP contribution is 2.32. The molecule has 0 saturated heterocycles. The molecule has 1 aliphatic rings. The molecular weight excluding hydrogens is 234 g/mol. The smallest absolute Gasteiger partial charge is 0.111 e. The van der Waals surface area contributed by atoms with E-state index in [9.17, 15) is 0 Å². The largest absolute Gasteiger partial charge is 0.331 e. The second kappa shape index (κ2) is 3.72. The van der Waals surface area contributed by atoms with E-state index in [0.717, 1.165) is 41.1 Å². The van der Waals surface area contributed by atoms with E-state index in [-0.39, 0.29) is 5.54 Å². The third-order valence-electron chi connectivity index (χ3n) is 3.80. The molecule has 17 heavy (non-hydrogen) atoms. The molecule has 1 aromatic heterocycles. The highest BCUT2D eigenvalue weighted by Gasteiger charge is 2.34. The van der Waals surface area contributed by atoms with E-state index >= 15 is 0 Å². The van der Waals surface area contributed by atoms with Gasteiger partial charge >= 0.3 is 0 Å². The van der Waals surface area contributed by atoms with E-state index in [1.807, 2.05) is 25.2 Å². The van der Waals surface area contributed by atoms with Crippen molar-refractivity contribution in [3.8, 4) is 0 Å². The summed E-state index contributed by atoms with van der Waals surface area (Å²) >= 11 is 6.01. The molecule has 90 valence electrons. The molecule has 0 spiro atoms. The second-order valence-electron chi connectivity index (χ2n) is 5.11. The van der Waals surface area contributed by atoms with Crippen molar-refractivity contribution in [3.63, 3.8) is 0 Å². The minimum Gasteiger partial charge on any atom is -0.331 e. The van der Waals surface area contributed by atoms with E-state index in [1.165, 1.54) is 6.42 Å². The first kappa shape index (κ1) is 11.1. The average Bonchev–Trinajstić information content (AvgIpc) is 2.54. The number of halogens is 1. The van der Waals surface area contributed by atoms with E-state index in [4.69, 9.17) is 17.3 Å². The van der Waals surface area contributed by atoms with Gasteiger partial charge in [-0.3, -0.25) is 0 Å². The summed E-state index contributed by atoms with van der Waals surface area (Å²) in [5.74, 6) is 1.06. The summed E-state index contributed by atoms with van der Waals surface area (Å²) < 4.78 is 2.11. The summed E-state index contributed by atoms with van der Waals surface area (Å²) in [7, 11) is 2.03. The second-order valence-corrected chi connectivity index (χ2v) is 5.55. The molecule has 1 aromatic carbocycles. The van der Waals surface area contributed by atoms with Crippen molar-refractivity contribution in [1.82, 2.24) is 9.55 Å². The first-order chi connectivity index (χ1) is 8.07. The van der Waals surface area contributed by atoms with Gasteiger partial charge in [-0.25, -0.2) is 4.98 Å². The quantitative estimate of drug-likeness (QED) is 0.889. The molecule has 2 aromatic rings. The van der Waals surface area contributed by atoms with Gasteiger partial charge in [0.25, 0.3) is 0 Å². The van der Waals surface area contributed by atoms with Crippen molar-refractivity contribution in [2.75, 3.05) is 0 Å². The highest BCUT2D eigenvalue weighted by atomic mass is 35.5. The number of rotatable bonds is 2. The minimum atomic E-state index is -0.0288. The Bertz CT molecular complexity index is 569. The number of aromatic nitrogens is 2. The van der Waals surface area contributed by atoms with Crippen molar-refractivity contribution in [1.29, 1.82) is 0 Å². The summed E-state index contributed by atoms with van der Waals surface area (Å²) in [6.45, 7) is 0. The van der Waals surface area contributed by atoms with E-state index in [1.54, 1.807) is 0 Å². The Hall–Kier alpha value is -1.06. The highest BCUT2D eigenvalue weighted by molar-refractivity contribution is 6.31. The van der Waals surface area contributed by atoms with Gasteiger partial charge in [0.2, 0.25) is 0 Å². The zero-order chi connectivity index (χ0) is 12.0. The minimum absolute atomic E-state index is 0.0288. The fourth-order valence-electron chi connectivity index (χ4n) is 2.49. The van der Waals surface area contributed by atoms with Crippen LogP contribution in [0, 0.1) is 0 Å². The zero-order valence-electron chi connectivity index (χ0n) is 9.91. The normalized spacial score (nSPS) is 18.3. The van der Waals surface area contributed by atoms with Crippen molar-refractivity contribution < 1.29 is 0 Å². The average molecular weight is 250 g/mol. The lowest BCUT2D eigenvalue weighted by molar-refractivity contribution is 0.242. The van der Waals surface area contributed by atoms with E-state index < -0.39 is 0 Å². The van der Waals surface area contributed by atoms with E-state index in [2.05, 4.69) is 9.55 Å². The first-order valence-electron chi connectivity index (χ1n) is 5.97. The molecule has 0 aliphatic heterocycles. The summed E-state index contributed by atoms with van der Waals surface area (Å²) in [4.78, 5) is 4.64. The van der Waals surface area contributed by atoms with Crippen LogP contribution in [0.25, 0.3) is 11.0 Å². The number of imidazole rings is 1. The monoisotopic (exact) mass is 249 g/mol. The maximum atomic E-state index is 6.28. The summed E-state index contributed by atoms with van der Waals surface area (Å²) in [6, 6.07) is 5.80. The Kier molecular flexibility index (Phi) is 2.42. The molecule has 2 N–H and O–H groups in total. The van der Waals surface area contributed by atoms with Gasteiger partial charge in [0.05, 0.1) is 11.0 Å². The number of aryl methyl sites for hydroxylation is 1. The molecule has 0 amide bonds. The van der Waals surface area contributed by atoms with E-state index in [0.29, 0.717) is 0 Å². The molecule has 3 rings (SSSR count). The summed E-state index contributed by atoms with van der Waals surface area (Å²) in [6.07, 6.45) is 4.32. The van der Waals surface area contributed by atoms with Gasteiger partial charge in [-0.2, -0.15) is 0 Å². The molecule has 1 saturated carbocycles. The van der Waals surface area contributed by atoms with Gasteiger partial charge in [-0.1, -0.05) is 11.6 Å². The van der Waals surface area contributed by atoms with Crippen LogP contribution < -0.4 is 5.73 Å². The molecule has 1 heterocycles. The van der Waals surface area contributed by atoms with Gasteiger partial charge in [-0.05, 0) is 37.5 Å². The van der Waals surface area contributed by atoms with Crippen molar-refractivity contribution >= 4 is 22.6 Å². The number of benzene rings is 1. The lowest BCUT2D eigenvalue weighted by atomic mass is 9.75. The number of nitrogens with two attached hydrogens (primary N) is 1. The fourth-order valence-corrected chi connectivity index (χ4v) is 2.66. The Morgan fingerprint density at radius 3 is 2.88 bits per heavy atom. The predicted molar refractivity (Wildman–Crippen MR) is 70.2 cm³/mol. The van der Waals surface area contributed by atoms with Crippen LogP contribution in [-0.2, 0) is 13.5 Å². The Morgan fingerprint density at radius 2 is 2.24 bits per heavy atom. The Balaban J connectivity index is 2.02. The van der Waals surface area contributed by atoms with Crippen LogP contribution in [-0.4, -0.2) is 15.1 Å². The number of fused-ring (bicyclic) bond motifs is 1. The number of hydrogen-bond acceptors (Lipinski definition) is 2. The molecule has 4 heteroatoms. The maximum absolute atomic E-state index is 6.28. The number of nitrogens with zero attached hydrogens (tertiary/aromatic N) is 2. The number of hydrogen-bond donors (Lipinski definition) is 1. The maximum Gasteiger partial charge on any atom is 0.111 e. The van der Waals surface area contributed by atoms with Crippen LogP contribution in [0.2, 0.25) is 5.02 Å². The fraction of sp³-hybridized carbons (Fsp3) is 0.462. The third kappa shape index (κ3) is 1.83. The van der Waals surface area contributed by atoms with Crippen molar-refractivity contribution in [3.05, 3.63) is 29.0 Å². The van der Waals surface area contributed by atoms with Gasteiger partial charge in [0.15, 0.2) is 0 Å². The molecule has 0 atom stereocenters. The summed E-state index contributed by atoms with van der Waals surface area (Å²) in [5.41, 5.74) is 8.32. The molecule has 0 unspecified atom stereocenters. The van der Waals surface area contributed by atoms with Crippen LogP contribution >= 0.6 is 11.6 Å². The first-order valence-corrected chi connectivity index (χ1v) is 6.35. The van der Waals surface area contributed by atoms with Crippen molar-refractivity contribution in [2.24, 2.45) is 12.8 Å². The Morgan fingerprint density at radius 1 is 1.47 bits per heavy atom. The van der Waals surface area contributed by atoms with Crippen LogP contribution in [0.15, 0.2) is 18.2 Å². The van der Waals surface area contributed by atoms with Crippen molar-refractivity contribution in [2.45, 2.75) is 31.2 Å². The molecule has 0 radical (unpaired) electrons. The zero-order valence-corrected chi connectivity index (χ0v) is 10.7. The summed E-state index contributed by atoms with van der Waals surface area (Å²) in [5, 5.41) is 0.748. The standard InChI is InChI=1S/C13H16ClN3/c1-17-11-7-9(14)3-4-10(11)16-12(17)8-13(15)5-2-6-13/h3-4,7H,2,5-6,8,15H2,1H3. The van der Waals surface area contributed by atoms with Crippen LogP contribution in [0.1, 0.15) is 25.1 Å². The molecule has 3 nitrogen and oxygen atoms in total. The molecular formula is C13H16ClN3. The molecule has 1 fully saturated rings. The SMILES string of the molecule is Cn1c(CC2(N)CCC2)nc2ccc(Cl)cc21. The third-order valence-corrected chi connectivity index (χ3v) is 4.03. The molecule has 1 aliphatic carbocycles. The van der Waals surface area contributed by atoms with Gasteiger partial charge < -0.3 is 10.3 Å². The Labute approximate surface area is 106 Å². The van der Waals surface area contributed by atoms with Gasteiger partial charge in [-0.15, -0.1) is 0 Å². The topological polar surface area (TPSA) is 43.8 Å². The van der Waals surface area contributed by atoms with Crippen LogP contribution in [0.4, 0.5) is 0 Å². The van der Waals surface area contributed by atoms with Crippen LogP contribution in [0.5, 0.6) is 0 Å². The van der Waals surface area contributed by atoms with Gasteiger partial charge in [0.1, 0.15) is 5.82 Å². The molecule has 0 bridgehead atoms. The lowest BCUT2D eigenvalue weighted by Gasteiger charge is -2.37. The lowest BCUT2D eigenvalue weighted by Crippen LogP contribution is -2.48. The predicted octanol–water partition coefficient (Wildman–Crippen LogP) is 2.65. The van der Waals surface area contributed by atoms with Gasteiger partial charge in [0, 0.05) is 24.0 Å². The van der Waals surface area contributed by atoms with Crippen LogP contribution in [0.3, 0.4) is 0 Å².